The van der Waals surface area contributed by atoms with Gasteiger partial charge in [-0.2, -0.15) is 0 Å². The summed E-state index contributed by atoms with van der Waals surface area (Å²) in [6, 6.07) is 9.46. The third-order valence-electron chi connectivity index (χ3n) is 2.77. The molecule has 0 aliphatic heterocycles. The number of nitrogens with two attached hydrogens (primary N) is 1. The maximum absolute atomic E-state index is 12.1. The Hall–Kier alpha value is -1.81. The van der Waals surface area contributed by atoms with E-state index in [9.17, 15) is 4.79 Å². The number of nitrogens with one attached hydrogen (secondary N) is 1. The fraction of sp³-hybridized carbons (Fsp3) is 0.214. The molecular formula is C14H16N2OS. The summed E-state index contributed by atoms with van der Waals surface area (Å²) in [5, 5.41) is 4.96. The maximum Gasteiger partial charge on any atom is 0.253 e. The summed E-state index contributed by atoms with van der Waals surface area (Å²) < 4.78 is 0. The predicted molar refractivity (Wildman–Crippen MR) is 75.8 cm³/mol. The molecule has 0 saturated carbocycles. The van der Waals surface area contributed by atoms with Gasteiger partial charge in [-0.1, -0.05) is 17.7 Å². The lowest BCUT2D eigenvalue weighted by Crippen LogP contribution is -2.26. The Labute approximate surface area is 111 Å². The largest absolute Gasteiger partial charge is 0.398 e. The van der Waals surface area contributed by atoms with Crippen molar-refractivity contribution in [2.24, 2.45) is 0 Å². The first-order valence-electron chi connectivity index (χ1n) is 5.78. The Morgan fingerprint density at radius 2 is 2.17 bits per heavy atom. The minimum Gasteiger partial charge on any atom is -0.398 e. The molecule has 2 rings (SSSR count). The van der Waals surface area contributed by atoms with Gasteiger partial charge in [0.05, 0.1) is 11.6 Å². The van der Waals surface area contributed by atoms with Crippen molar-refractivity contribution in [1.29, 1.82) is 0 Å². The Morgan fingerprint density at radius 3 is 2.83 bits per heavy atom. The second-order valence-corrected chi connectivity index (χ2v) is 5.28. The number of hydrogen-bond donors (Lipinski definition) is 2. The molecule has 3 N–H and O–H groups in total. The summed E-state index contributed by atoms with van der Waals surface area (Å²) in [4.78, 5) is 13.3. The van der Waals surface area contributed by atoms with Gasteiger partial charge >= 0.3 is 0 Å². The third kappa shape index (κ3) is 2.71. The number of carbonyl (C=O) groups excluding carboxylic acids is 1. The Kier molecular flexibility index (Phi) is 3.67. The van der Waals surface area contributed by atoms with E-state index in [0.717, 1.165) is 10.4 Å². The molecule has 1 aromatic carbocycles. The number of carbonyl (C=O) groups is 1. The van der Waals surface area contributed by atoms with E-state index in [-0.39, 0.29) is 11.9 Å². The number of rotatable bonds is 3. The summed E-state index contributed by atoms with van der Waals surface area (Å²) in [5.41, 5.74) is 7.90. The van der Waals surface area contributed by atoms with Crippen LogP contribution < -0.4 is 11.1 Å². The molecule has 0 radical (unpaired) electrons. The molecule has 0 unspecified atom stereocenters. The topological polar surface area (TPSA) is 55.1 Å². The molecule has 1 heterocycles. The van der Waals surface area contributed by atoms with Crippen LogP contribution >= 0.6 is 11.3 Å². The zero-order valence-corrected chi connectivity index (χ0v) is 11.3. The quantitative estimate of drug-likeness (QED) is 0.833. The Morgan fingerprint density at radius 1 is 1.39 bits per heavy atom. The molecule has 0 fully saturated rings. The maximum atomic E-state index is 12.1. The molecule has 4 heteroatoms. The summed E-state index contributed by atoms with van der Waals surface area (Å²) in [6.45, 7) is 3.91. The molecule has 1 amide bonds. The van der Waals surface area contributed by atoms with Crippen molar-refractivity contribution in [3.05, 3.63) is 51.7 Å². The van der Waals surface area contributed by atoms with Crippen LogP contribution in [-0.2, 0) is 0 Å². The summed E-state index contributed by atoms with van der Waals surface area (Å²) in [7, 11) is 0. The van der Waals surface area contributed by atoms with E-state index in [1.54, 1.807) is 17.4 Å². The number of anilines is 1. The average molecular weight is 260 g/mol. The van der Waals surface area contributed by atoms with Gasteiger partial charge in [-0.3, -0.25) is 4.79 Å². The van der Waals surface area contributed by atoms with Crippen molar-refractivity contribution in [3.8, 4) is 0 Å². The van der Waals surface area contributed by atoms with Crippen LogP contribution in [0.4, 0.5) is 5.69 Å². The molecule has 18 heavy (non-hydrogen) atoms. The van der Waals surface area contributed by atoms with Crippen molar-refractivity contribution in [2.75, 3.05) is 5.73 Å². The van der Waals surface area contributed by atoms with Crippen LogP contribution in [0, 0.1) is 6.92 Å². The molecule has 0 aliphatic rings. The van der Waals surface area contributed by atoms with Crippen molar-refractivity contribution in [1.82, 2.24) is 5.32 Å². The van der Waals surface area contributed by atoms with Crippen molar-refractivity contribution >= 4 is 22.9 Å². The first-order valence-corrected chi connectivity index (χ1v) is 6.66. The normalized spacial score (nSPS) is 12.1. The van der Waals surface area contributed by atoms with Gasteiger partial charge in [0.15, 0.2) is 0 Å². The number of nitrogen functional groups attached to an aromatic ring is 1. The van der Waals surface area contributed by atoms with Crippen LogP contribution in [0.1, 0.15) is 33.8 Å². The Bertz CT molecular complexity index is 549. The summed E-state index contributed by atoms with van der Waals surface area (Å²) in [6.07, 6.45) is 0. The van der Waals surface area contributed by atoms with Gasteiger partial charge in [-0.15, -0.1) is 11.3 Å². The number of benzene rings is 1. The lowest BCUT2D eigenvalue weighted by molar-refractivity contribution is 0.0941. The van der Waals surface area contributed by atoms with Crippen LogP contribution in [-0.4, -0.2) is 5.91 Å². The number of thiophene rings is 1. The van der Waals surface area contributed by atoms with Gasteiger partial charge in [0, 0.05) is 10.6 Å². The van der Waals surface area contributed by atoms with Crippen LogP contribution in [0.3, 0.4) is 0 Å². The molecule has 0 saturated heterocycles. The highest BCUT2D eigenvalue weighted by molar-refractivity contribution is 7.10. The fourth-order valence-electron chi connectivity index (χ4n) is 1.75. The van der Waals surface area contributed by atoms with E-state index in [2.05, 4.69) is 5.32 Å². The van der Waals surface area contributed by atoms with Crippen LogP contribution in [0.15, 0.2) is 35.7 Å². The molecule has 94 valence electrons. The minimum atomic E-state index is -0.128. The van der Waals surface area contributed by atoms with E-state index in [1.807, 2.05) is 43.5 Å². The second kappa shape index (κ2) is 5.23. The Balaban J connectivity index is 2.15. The number of amides is 1. The monoisotopic (exact) mass is 260 g/mol. The summed E-state index contributed by atoms with van der Waals surface area (Å²) in [5.74, 6) is -0.128. The zero-order chi connectivity index (χ0) is 13.1. The molecule has 0 bridgehead atoms. The van der Waals surface area contributed by atoms with Gasteiger partial charge < -0.3 is 11.1 Å². The SMILES string of the molecule is Cc1ccc(N)c(C(=O)N[C@@H](C)c2cccs2)c1. The highest BCUT2D eigenvalue weighted by Gasteiger charge is 2.14. The minimum absolute atomic E-state index is 0.00240. The number of aryl methyl sites for hydroxylation is 1. The van der Waals surface area contributed by atoms with Crippen LogP contribution in [0.25, 0.3) is 0 Å². The zero-order valence-electron chi connectivity index (χ0n) is 10.4. The molecule has 2 aromatic rings. The van der Waals surface area contributed by atoms with Crippen molar-refractivity contribution in [2.45, 2.75) is 19.9 Å². The lowest BCUT2D eigenvalue weighted by Gasteiger charge is -2.13. The first kappa shape index (κ1) is 12.6. The second-order valence-electron chi connectivity index (χ2n) is 4.30. The van der Waals surface area contributed by atoms with E-state index in [4.69, 9.17) is 5.73 Å². The lowest BCUT2D eigenvalue weighted by atomic mass is 10.1. The molecule has 0 aliphatic carbocycles. The first-order chi connectivity index (χ1) is 8.58. The van der Waals surface area contributed by atoms with E-state index in [1.165, 1.54) is 0 Å². The molecular weight excluding hydrogens is 244 g/mol. The van der Waals surface area contributed by atoms with Gasteiger partial charge in [-0.25, -0.2) is 0 Å². The highest BCUT2D eigenvalue weighted by atomic mass is 32.1. The van der Waals surface area contributed by atoms with E-state index >= 15 is 0 Å². The predicted octanol–water partition coefficient (Wildman–Crippen LogP) is 3.13. The van der Waals surface area contributed by atoms with E-state index in [0.29, 0.717) is 11.3 Å². The van der Waals surface area contributed by atoms with E-state index < -0.39 is 0 Å². The smallest absolute Gasteiger partial charge is 0.253 e. The standard InChI is InChI=1S/C14H16N2OS/c1-9-5-6-12(15)11(8-9)14(17)16-10(2)13-4-3-7-18-13/h3-8,10H,15H2,1-2H3,(H,16,17)/t10-/m0/s1. The molecule has 3 nitrogen and oxygen atoms in total. The highest BCUT2D eigenvalue weighted by Crippen LogP contribution is 2.20. The van der Waals surface area contributed by atoms with Gasteiger partial charge in [0.2, 0.25) is 0 Å². The van der Waals surface area contributed by atoms with Crippen LogP contribution in [0.2, 0.25) is 0 Å². The molecule has 1 aromatic heterocycles. The summed E-state index contributed by atoms with van der Waals surface area (Å²) >= 11 is 1.63. The average Bonchev–Trinajstić information content (AvgIpc) is 2.85. The third-order valence-corrected chi connectivity index (χ3v) is 3.83. The van der Waals surface area contributed by atoms with Crippen LogP contribution in [0.5, 0.6) is 0 Å². The van der Waals surface area contributed by atoms with Crippen molar-refractivity contribution in [3.63, 3.8) is 0 Å². The fourth-order valence-corrected chi connectivity index (χ4v) is 2.48. The molecule has 0 spiro atoms. The molecule has 1 atom stereocenters. The number of hydrogen-bond acceptors (Lipinski definition) is 3. The van der Waals surface area contributed by atoms with Crippen molar-refractivity contribution < 1.29 is 4.79 Å². The van der Waals surface area contributed by atoms with Gasteiger partial charge in [-0.05, 0) is 37.4 Å². The van der Waals surface area contributed by atoms with Gasteiger partial charge in [0.1, 0.15) is 0 Å². The van der Waals surface area contributed by atoms with Gasteiger partial charge in [0.25, 0.3) is 5.91 Å².